The Balaban J connectivity index is 1.61. The second-order valence-electron chi connectivity index (χ2n) is 7.68. The summed E-state index contributed by atoms with van der Waals surface area (Å²) in [5, 5.41) is 4.65. The van der Waals surface area contributed by atoms with Gasteiger partial charge in [-0.15, -0.1) is 0 Å². The highest BCUT2D eigenvalue weighted by Gasteiger charge is 2.60. The number of hydrogen-bond acceptors (Lipinski definition) is 3. The molecule has 26 heavy (non-hydrogen) atoms. The summed E-state index contributed by atoms with van der Waals surface area (Å²) in [6, 6.07) is 15.0. The number of halogens is 2. The minimum absolute atomic E-state index is 0.00575. The van der Waals surface area contributed by atoms with Crippen LogP contribution in [0, 0.1) is 5.41 Å². The minimum atomic E-state index is -0.253. The van der Waals surface area contributed by atoms with Crippen LogP contribution < -0.4 is 5.32 Å². The van der Waals surface area contributed by atoms with Gasteiger partial charge in [-0.3, -0.25) is 0 Å². The third-order valence-electron chi connectivity index (χ3n) is 6.11. The number of benzene rings is 2. The molecule has 136 valence electrons. The van der Waals surface area contributed by atoms with Gasteiger partial charge >= 0.3 is 5.97 Å². The van der Waals surface area contributed by atoms with Crippen molar-refractivity contribution >= 4 is 29.2 Å². The summed E-state index contributed by atoms with van der Waals surface area (Å²) in [5.41, 5.74) is 1.66. The van der Waals surface area contributed by atoms with E-state index in [-0.39, 0.29) is 22.9 Å². The van der Waals surface area contributed by atoms with Crippen molar-refractivity contribution in [3.05, 3.63) is 69.7 Å². The monoisotopic (exact) mass is 389 g/mol. The Hall–Kier alpha value is -1.55. The van der Waals surface area contributed by atoms with Gasteiger partial charge in [0, 0.05) is 18.5 Å². The molecule has 0 unspecified atom stereocenters. The quantitative estimate of drug-likeness (QED) is 0.761. The van der Waals surface area contributed by atoms with Crippen LogP contribution in [-0.4, -0.2) is 25.2 Å². The molecule has 3 atom stereocenters. The van der Waals surface area contributed by atoms with Gasteiger partial charge in [-0.2, -0.15) is 0 Å². The highest BCUT2D eigenvalue weighted by atomic mass is 35.5. The molecule has 1 aliphatic carbocycles. The molecular formula is C21H21Cl2NO2. The van der Waals surface area contributed by atoms with E-state index >= 15 is 0 Å². The van der Waals surface area contributed by atoms with Gasteiger partial charge in [-0.25, -0.2) is 4.79 Å². The van der Waals surface area contributed by atoms with Crippen molar-refractivity contribution in [3.8, 4) is 0 Å². The lowest BCUT2D eigenvalue weighted by Gasteiger charge is -2.37. The molecule has 4 rings (SSSR count). The lowest BCUT2D eigenvalue weighted by atomic mass is 9.65. The van der Waals surface area contributed by atoms with E-state index in [4.69, 9.17) is 27.9 Å². The van der Waals surface area contributed by atoms with Gasteiger partial charge in [0.2, 0.25) is 0 Å². The zero-order chi connectivity index (χ0) is 18.4. The average molecular weight is 390 g/mol. The van der Waals surface area contributed by atoms with Crippen molar-refractivity contribution in [2.75, 3.05) is 13.1 Å². The number of ether oxygens (including phenoxy) is 1. The van der Waals surface area contributed by atoms with Crippen molar-refractivity contribution in [3.63, 3.8) is 0 Å². The number of nitrogens with one attached hydrogen (secondary N) is 1. The van der Waals surface area contributed by atoms with Gasteiger partial charge < -0.3 is 10.1 Å². The molecule has 1 aliphatic heterocycles. The summed E-state index contributed by atoms with van der Waals surface area (Å²) in [5.74, 6) is -0.253. The smallest absolute Gasteiger partial charge is 0.338 e. The number of rotatable bonds is 3. The van der Waals surface area contributed by atoms with E-state index in [1.54, 1.807) is 12.1 Å². The van der Waals surface area contributed by atoms with Crippen molar-refractivity contribution in [1.29, 1.82) is 0 Å². The van der Waals surface area contributed by atoms with Crippen LogP contribution in [-0.2, 0) is 10.2 Å². The SMILES string of the molecule is C[C@@]12CNC[C@]1(c1ccc(Cl)c(Cl)c1)C[C@H](OC(=O)c1ccccc1)C2. The summed E-state index contributed by atoms with van der Waals surface area (Å²) < 4.78 is 5.87. The third-order valence-corrected chi connectivity index (χ3v) is 6.85. The fourth-order valence-corrected chi connectivity index (χ4v) is 5.02. The van der Waals surface area contributed by atoms with Gasteiger partial charge in [0.25, 0.3) is 0 Å². The van der Waals surface area contributed by atoms with E-state index < -0.39 is 0 Å². The van der Waals surface area contributed by atoms with E-state index in [9.17, 15) is 4.79 Å². The zero-order valence-corrected chi connectivity index (χ0v) is 16.1. The Labute approximate surface area is 163 Å². The number of fused-ring (bicyclic) bond motifs is 1. The number of carbonyl (C=O) groups excluding carboxylic acids is 1. The lowest BCUT2D eigenvalue weighted by Crippen LogP contribution is -2.38. The largest absolute Gasteiger partial charge is 0.459 e. The first-order valence-corrected chi connectivity index (χ1v) is 9.61. The van der Waals surface area contributed by atoms with Crippen molar-refractivity contribution in [1.82, 2.24) is 5.32 Å². The molecule has 0 amide bonds. The molecule has 5 heteroatoms. The molecule has 0 spiro atoms. The predicted octanol–water partition coefficient (Wildman–Crippen LogP) is 4.86. The first kappa shape index (κ1) is 17.8. The molecule has 2 aromatic rings. The second kappa shape index (κ2) is 6.56. The molecule has 0 aromatic heterocycles. The van der Waals surface area contributed by atoms with Gasteiger partial charge in [0.05, 0.1) is 15.6 Å². The van der Waals surface area contributed by atoms with E-state index in [2.05, 4.69) is 18.3 Å². The average Bonchev–Trinajstić information content (AvgIpc) is 3.08. The van der Waals surface area contributed by atoms with Crippen LogP contribution in [0.1, 0.15) is 35.7 Å². The Morgan fingerprint density at radius 3 is 2.58 bits per heavy atom. The topological polar surface area (TPSA) is 38.3 Å². The maximum Gasteiger partial charge on any atom is 0.338 e. The highest BCUT2D eigenvalue weighted by Crippen LogP contribution is 2.57. The summed E-state index contributed by atoms with van der Waals surface area (Å²) in [6.07, 6.45) is 1.51. The Bertz CT molecular complexity index is 841. The van der Waals surface area contributed by atoms with Crippen LogP contribution in [0.15, 0.2) is 48.5 Å². The summed E-state index contributed by atoms with van der Waals surface area (Å²) in [4.78, 5) is 12.5. The molecule has 0 bridgehead atoms. The Kier molecular flexibility index (Phi) is 4.50. The van der Waals surface area contributed by atoms with Crippen molar-refractivity contribution < 1.29 is 9.53 Å². The molecular weight excluding hydrogens is 369 g/mol. The molecule has 2 aromatic carbocycles. The summed E-state index contributed by atoms with van der Waals surface area (Å²) in [6.45, 7) is 4.01. The normalized spacial score (nSPS) is 30.2. The molecule has 3 nitrogen and oxygen atoms in total. The predicted molar refractivity (Wildman–Crippen MR) is 104 cm³/mol. The van der Waals surface area contributed by atoms with Gasteiger partial charge in [-0.1, -0.05) is 54.4 Å². The molecule has 0 radical (unpaired) electrons. The van der Waals surface area contributed by atoms with Crippen molar-refractivity contribution in [2.45, 2.75) is 31.3 Å². The molecule has 1 saturated carbocycles. The Morgan fingerprint density at radius 2 is 1.85 bits per heavy atom. The van der Waals surface area contributed by atoms with E-state index in [0.29, 0.717) is 15.6 Å². The molecule has 1 saturated heterocycles. The fraction of sp³-hybridized carbons (Fsp3) is 0.381. The standard InChI is InChI=1S/C21H21Cl2NO2/c1-20-10-16(26-19(25)14-5-3-2-4-6-14)11-21(20,13-24-12-20)15-7-8-17(22)18(23)9-15/h2-9,16,24H,10-13H2,1H3/t16-,20-,21+/m1/s1. The van der Waals surface area contributed by atoms with Gasteiger partial charge in [-0.05, 0) is 48.1 Å². The Morgan fingerprint density at radius 1 is 1.08 bits per heavy atom. The molecule has 2 aliphatic rings. The highest BCUT2D eigenvalue weighted by molar-refractivity contribution is 6.42. The maximum atomic E-state index is 12.5. The fourth-order valence-electron chi connectivity index (χ4n) is 4.72. The zero-order valence-electron chi connectivity index (χ0n) is 14.6. The lowest BCUT2D eigenvalue weighted by molar-refractivity contribution is 0.0288. The summed E-state index contributed by atoms with van der Waals surface area (Å²) >= 11 is 12.4. The van der Waals surface area contributed by atoms with E-state index in [1.165, 1.54) is 0 Å². The van der Waals surface area contributed by atoms with Crippen LogP contribution in [0.5, 0.6) is 0 Å². The van der Waals surface area contributed by atoms with E-state index in [1.807, 2.05) is 30.3 Å². The van der Waals surface area contributed by atoms with Crippen molar-refractivity contribution in [2.24, 2.45) is 5.41 Å². The minimum Gasteiger partial charge on any atom is -0.459 e. The van der Waals surface area contributed by atoms with Crippen LogP contribution >= 0.6 is 23.2 Å². The third kappa shape index (κ3) is 2.83. The molecule has 2 fully saturated rings. The first-order chi connectivity index (χ1) is 12.4. The number of hydrogen-bond donors (Lipinski definition) is 1. The van der Waals surface area contributed by atoms with Gasteiger partial charge in [0.1, 0.15) is 6.10 Å². The first-order valence-electron chi connectivity index (χ1n) is 8.86. The second-order valence-corrected chi connectivity index (χ2v) is 8.49. The van der Waals surface area contributed by atoms with Gasteiger partial charge in [0.15, 0.2) is 0 Å². The summed E-state index contributed by atoms with van der Waals surface area (Å²) in [7, 11) is 0. The molecule has 1 heterocycles. The van der Waals surface area contributed by atoms with Crippen LogP contribution in [0.3, 0.4) is 0 Å². The van der Waals surface area contributed by atoms with E-state index in [0.717, 1.165) is 31.5 Å². The molecule has 1 N–H and O–H groups in total. The van der Waals surface area contributed by atoms with Crippen LogP contribution in [0.25, 0.3) is 0 Å². The van der Waals surface area contributed by atoms with Crippen LogP contribution in [0.4, 0.5) is 0 Å². The number of esters is 1. The maximum absolute atomic E-state index is 12.5. The van der Waals surface area contributed by atoms with Crippen LogP contribution in [0.2, 0.25) is 10.0 Å². The number of carbonyl (C=O) groups is 1.